The van der Waals surface area contributed by atoms with Gasteiger partial charge in [0, 0.05) is 31.0 Å². The van der Waals surface area contributed by atoms with Crippen LogP contribution in [0.1, 0.15) is 26.7 Å². The van der Waals surface area contributed by atoms with E-state index < -0.39 is 5.95 Å². The maximum Gasteiger partial charge on any atom is 0.213 e. The van der Waals surface area contributed by atoms with Crippen molar-refractivity contribution in [3.8, 4) is 11.3 Å². The van der Waals surface area contributed by atoms with Crippen LogP contribution >= 0.6 is 0 Å². The van der Waals surface area contributed by atoms with Crippen LogP contribution in [0.5, 0.6) is 0 Å². The molecule has 2 aromatic rings. The molecule has 1 aliphatic rings. The monoisotopic (exact) mass is 315 g/mol. The standard InChI is InChI=1S/C18H22FN3O/c1-18(2)11-13(7-9-23-18)12-21-17-5-3-4-15(22-17)14-6-8-20-16(19)10-14/h3-6,8,10,13H,7,9,11-12H2,1-2H3,(H,21,22). The van der Waals surface area contributed by atoms with E-state index in [1.54, 1.807) is 6.07 Å². The number of hydrogen-bond acceptors (Lipinski definition) is 4. The molecule has 4 nitrogen and oxygen atoms in total. The third kappa shape index (κ3) is 4.26. The number of pyridine rings is 2. The minimum Gasteiger partial charge on any atom is -0.376 e. The molecule has 0 bridgehead atoms. The Kier molecular flexibility index (Phi) is 4.57. The zero-order valence-corrected chi connectivity index (χ0v) is 13.6. The number of halogens is 1. The molecular formula is C18H22FN3O. The fourth-order valence-corrected chi connectivity index (χ4v) is 3.04. The minimum absolute atomic E-state index is 0.0472. The first-order valence-corrected chi connectivity index (χ1v) is 7.99. The highest BCUT2D eigenvalue weighted by molar-refractivity contribution is 5.60. The number of nitrogens with one attached hydrogen (secondary N) is 1. The van der Waals surface area contributed by atoms with Crippen molar-refractivity contribution in [2.24, 2.45) is 5.92 Å². The smallest absolute Gasteiger partial charge is 0.213 e. The highest BCUT2D eigenvalue weighted by Gasteiger charge is 2.28. The SMILES string of the molecule is CC1(C)CC(CNc2cccc(-c3ccnc(F)c3)n2)CCO1. The Morgan fingerprint density at radius 2 is 2.22 bits per heavy atom. The Morgan fingerprint density at radius 1 is 1.35 bits per heavy atom. The van der Waals surface area contributed by atoms with Gasteiger partial charge in [0.2, 0.25) is 5.95 Å². The number of anilines is 1. The van der Waals surface area contributed by atoms with E-state index in [0.717, 1.165) is 43.1 Å². The molecule has 0 spiro atoms. The highest BCUT2D eigenvalue weighted by Crippen LogP contribution is 2.28. The van der Waals surface area contributed by atoms with Gasteiger partial charge in [0.25, 0.3) is 0 Å². The third-order valence-electron chi connectivity index (χ3n) is 4.14. The third-order valence-corrected chi connectivity index (χ3v) is 4.14. The molecule has 0 radical (unpaired) electrons. The molecule has 1 N–H and O–H groups in total. The molecule has 0 aliphatic carbocycles. The number of aromatic nitrogens is 2. The van der Waals surface area contributed by atoms with Crippen molar-refractivity contribution in [1.82, 2.24) is 9.97 Å². The second-order valence-corrected chi connectivity index (χ2v) is 6.62. The van der Waals surface area contributed by atoms with Crippen molar-refractivity contribution in [2.45, 2.75) is 32.3 Å². The molecule has 1 fully saturated rings. The lowest BCUT2D eigenvalue weighted by atomic mass is 9.88. The van der Waals surface area contributed by atoms with Crippen molar-refractivity contribution in [3.05, 3.63) is 42.5 Å². The predicted molar refractivity (Wildman–Crippen MR) is 88.7 cm³/mol. The topological polar surface area (TPSA) is 47.0 Å². The second kappa shape index (κ2) is 6.62. The Balaban J connectivity index is 1.66. The Bertz CT molecular complexity index is 675. The first-order chi connectivity index (χ1) is 11.0. The fraction of sp³-hybridized carbons (Fsp3) is 0.444. The van der Waals surface area contributed by atoms with Crippen LogP contribution in [0.2, 0.25) is 0 Å². The van der Waals surface area contributed by atoms with Crippen molar-refractivity contribution in [1.29, 1.82) is 0 Å². The van der Waals surface area contributed by atoms with E-state index >= 15 is 0 Å². The van der Waals surface area contributed by atoms with E-state index in [4.69, 9.17) is 4.74 Å². The normalized spacial score (nSPS) is 20.2. The van der Waals surface area contributed by atoms with Gasteiger partial charge in [0.05, 0.1) is 11.3 Å². The molecule has 0 aromatic carbocycles. The Morgan fingerprint density at radius 3 is 3.00 bits per heavy atom. The lowest BCUT2D eigenvalue weighted by Gasteiger charge is -2.35. The summed E-state index contributed by atoms with van der Waals surface area (Å²) >= 11 is 0. The molecule has 1 aliphatic heterocycles. The zero-order valence-electron chi connectivity index (χ0n) is 13.6. The van der Waals surface area contributed by atoms with Crippen molar-refractivity contribution in [3.63, 3.8) is 0 Å². The summed E-state index contributed by atoms with van der Waals surface area (Å²) in [6, 6.07) is 8.89. The highest BCUT2D eigenvalue weighted by atomic mass is 19.1. The van der Waals surface area contributed by atoms with E-state index in [1.807, 2.05) is 18.2 Å². The molecule has 2 aromatic heterocycles. The van der Waals surface area contributed by atoms with Gasteiger partial charge in [-0.3, -0.25) is 0 Å². The number of ether oxygens (including phenoxy) is 1. The van der Waals surface area contributed by atoms with Gasteiger partial charge in [-0.25, -0.2) is 9.97 Å². The number of nitrogens with zero attached hydrogens (tertiary/aromatic N) is 2. The van der Waals surface area contributed by atoms with Gasteiger partial charge in [0.1, 0.15) is 5.82 Å². The van der Waals surface area contributed by atoms with Crippen LogP contribution in [-0.4, -0.2) is 28.7 Å². The zero-order chi connectivity index (χ0) is 16.3. The van der Waals surface area contributed by atoms with E-state index in [1.165, 1.54) is 12.3 Å². The lowest BCUT2D eigenvalue weighted by Crippen LogP contribution is -2.36. The summed E-state index contributed by atoms with van der Waals surface area (Å²) in [5.41, 5.74) is 1.42. The molecule has 1 atom stereocenters. The van der Waals surface area contributed by atoms with Gasteiger partial charge in [-0.05, 0) is 50.8 Å². The van der Waals surface area contributed by atoms with Crippen molar-refractivity contribution < 1.29 is 9.13 Å². The summed E-state index contributed by atoms with van der Waals surface area (Å²) in [6.07, 6.45) is 3.55. The molecule has 23 heavy (non-hydrogen) atoms. The van der Waals surface area contributed by atoms with E-state index in [9.17, 15) is 4.39 Å². The van der Waals surface area contributed by atoms with Gasteiger partial charge in [-0.2, -0.15) is 4.39 Å². The molecule has 0 amide bonds. The molecule has 122 valence electrons. The molecule has 5 heteroatoms. The van der Waals surface area contributed by atoms with Crippen LogP contribution < -0.4 is 5.32 Å². The molecule has 3 rings (SSSR count). The van der Waals surface area contributed by atoms with E-state index in [-0.39, 0.29) is 5.60 Å². The summed E-state index contributed by atoms with van der Waals surface area (Å²) < 4.78 is 19.0. The van der Waals surface area contributed by atoms with Crippen LogP contribution in [0.15, 0.2) is 36.5 Å². The largest absolute Gasteiger partial charge is 0.376 e. The first kappa shape index (κ1) is 15.9. The average molecular weight is 315 g/mol. The van der Waals surface area contributed by atoms with Gasteiger partial charge in [-0.1, -0.05) is 6.07 Å². The van der Waals surface area contributed by atoms with Gasteiger partial charge >= 0.3 is 0 Å². The summed E-state index contributed by atoms with van der Waals surface area (Å²) in [5, 5.41) is 3.40. The second-order valence-electron chi connectivity index (χ2n) is 6.62. The van der Waals surface area contributed by atoms with Crippen molar-refractivity contribution >= 4 is 5.82 Å². The van der Waals surface area contributed by atoms with E-state index in [2.05, 4.69) is 29.1 Å². The average Bonchev–Trinajstić information content (AvgIpc) is 2.52. The van der Waals surface area contributed by atoms with Crippen LogP contribution in [0.4, 0.5) is 10.2 Å². The molecular weight excluding hydrogens is 293 g/mol. The van der Waals surface area contributed by atoms with Gasteiger partial charge in [-0.15, -0.1) is 0 Å². The van der Waals surface area contributed by atoms with Crippen LogP contribution in [0.3, 0.4) is 0 Å². The minimum atomic E-state index is -0.493. The lowest BCUT2D eigenvalue weighted by molar-refractivity contribution is -0.0699. The Hall–Kier alpha value is -2.01. The van der Waals surface area contributed by atoms with Gasteiger partial charge < -0.3 is 10.1 Å². The summed E-state index contributed by atoms with van der Waals surface area (Å²) in [7, 11) is 0. The maximum atomic E-state index is 13.3. The molecule has 1 unspecified atom stereocenters. The Labute approximate surface area is 136 Å². The number of rotatable bonds is 4. The quantitative estimate of drug-likeness (QED) is 0.869. The molecule has 1 saturated heterocycles. The molecule has 3 heterocycles. The molecule has 0 saturated carbocycles. The maximum absolute atomic E-state index is 13.3. The summed E-state index contributed by atoms with van der Waals surface area (Å²) in [5.74, 6) is 0.888. The van der Waals surface area contributed by atoms with E-state index in [0.29, 0.717) is 5.92 Å². The van der Waals surface area contributed by atoms with Crippen LogP contribution in [-0.2, 0) is 4.74 Å². The predicted octanol–water partition coefficient (Wildman–Crippen LogP) is 3.90. The van der Waals surface area contributed by atoms with Crippen molar-refractivity contribution in [2.75, 3.05) is 18.5 Å². The summed E-state index contributed by atoms with van der Waals surface area (Å²) in [6.45, 7) is 5.95. The van der Waals surface area contributed by atoms with Gasteiger partial charge in [0.15, 0.2) is 0 Å². The van der Waals surface area contributed by atoms with Crippen LogP contribution in [0, 0.1) is 11.9 Å². The van der Waals surface area contributed by atoms with Crippen LogP contribution in [0.25, 0.3) is 11.3 Å². The number of hydrogen-bond donors (Lipinski definition) is 1. The summed E-state index contributed by atoms with van der Waals surface area (Å²) in [4.78, 5) is 8.14. The fourth-order valence-electron chi connectivity index (χ4n) is 3.04. The first-order valence-electron chi connectivity index (χ1n) is 7.99.